The second-order valence-electron chi connectivity index (χ2n) is 14.0. The van der Waals surface area contributed by atoms with Gasteiger partial charge in [-0.1, -0.05) is 158 Å². The maximum atomic E-state index is 5.23. The minimum Gasteiger partial charge on any atom is -0.208 e. The summed E-state index contributed by atoms with van der Waals surface area (Å²) in [5, 5.41) is 5.03. The summed E-state index contributed by atoms with van der Waals surface area (Å²) < 4.78 is 5.03. The molecule has 56 heavy (non-hydrogen) atoms. The number of hydrogen-bond acceptors (Lipinski definition) is 5. The number of nitrogens with zero attached hydrogens (tertiary/aromatic N) is 3. The molecule has 8 aromatic carbocycles. The lowest BCUT2D eigenvalue weighted by Crippen LogP contribution is -2.00. The molecule has 0 bridgehead atoms. The third kappa shape index (κ3) is 5.60. The van der Waals surface area contributed by atoms with E-state index in [1.807, 2.05) is 46.9 Å². The van der Waals surface area contributed by atoms with Crippen LogP contribution in [0, 0.1) is 0 Å². The van der Waals surface area contributed by atoms with Gasteiger partial charge in [-0.2, -0.15) is 0 Å². The predicted molar refractivity (Wildman–Crippen MR) is 238 cm³/mol. The van der Waals surface area contributed by atoms with Crippen LogP contribution in [-0.2, 0) is 0 Å². The summed E-state index contributed by atoms with van der Waals surface area (Å²) in [4.78, 5) is 15.5. The summed E-state index contributed by atoms with van der Waals surface area (Å²) in [5.41, 5.74) is 10.1. The van der Waals surface area contributed by atoms with Crippen LogP contribution in [0.15, 0.2) is 188 Å². The average Bonchev–Trinajstić information content (AvgIpc) is 3.86. The van der Waals surface area contributed by atoms with E-state index in [1.165, 1.54) is 57.9 Å². The zero-order valence-electron chi connectivity index (χ0n) is 30.1. The van der Waals surface area contributed by atoms with Gasteiger partial charge in [0, 0.05) is 68.2 Å². The SMILES string of the molecule is c1ccc(-c2cccc(-c3nc(-c4ccccc4)nc(-c4cccc5c4sc4c(-c6cc(-c7ccccc7)cc7c6sc6ccccc67)cccc45)n3)c2)cc1. The number of benzene rings is 8. The predicted octanol–water partition coefficient (Wildman–Crippen LogP) is 14.6. The second kappa shape index (κ2) is 13.5. The zero-order valence-corrected chi connectivity index (χ0v) is 31.7. The van der Waals surface area contributed by atoms with Crippen LogP contribution < -0.4 is 0 Å². The fourth-order valence-electron chi connectivity index (χ4n) is 7.84. The van der Waals surface area contributed by atoms with Gasteiger partial charge in [-0.05, 0) is 52.6 Å². The molecule has 0 N–H and O–H groups in total. The highest BCUT2D eigenvalue weighted by Gasteiger charge is 2.20. The monoisotopic (exact) mass is 749 g/mol. The van der Waals surface area contributed by atoms with Gasteiger partial charge in [-0.25, -0.2) is 15.0 Å². The van der Waals surface area contributed by atoms with E-state index in [1.54, 1.807) is 0 Å². The number of hydrogen-bond donors (Lipinski definition) is 0. The standard InChI is InChI=1S/C51H31N3S2/c1-4-15-32(16-5-1)35-21-12-22-36(29-35)50-52-49(34-19-8-3-9-20-34)53-51(54-50)42-27-14-25-40-39-24-13-26-41(46(39)56-47(40)42)44-31-37(33-17-6-2-7-18-33)30-43-38-23-10-11-28-45(38)55-48(43)44/h1-31H. The summed E-state index contributed by atoms with van der Waals surface area (Å²) in [7, 11) is 0. The first kappa shape index (κ1) is 32.6. The van der Waals surface area contributed by atoms with Crippen LogP contribution in [0.5, 0.6) is 0 Å². The quantitative estimate of drug-likeness (QED) is 0.170. The summed E-state index contributed by atoms with van der Waals surface area (Å²) in [6.45, 7) is 0. The first-order valence-corrected chi connectivity index (χ1v) is 20.3. The summed E-state index contributed by atoms with van der Waals surface area (Å²) in [5.74, 6) is 1.96. The van der Waals surface area contributed by atoms with Gasteiger partial charge in [0.05, 0.1) is 0 Å². The van der Waals surface area contributed by atoms with Crippen molar-refractivity contribution in [1.29, 1.82) is 0 Å². The molecule has 0 saturated heterocycles. The van der Waals surface area contributed by atoms with Crippen molar-refractivity contribution >= 4 is 63.0 Å². The smallest absolute Gasteiger partial charge is 0.165 e. The molecular formula is C51H31N3S2. The lowest BCUT2D eigenvalue weighted by Gasteiger charge is -2.10. The molecule has 0 atom stereocenters. The Morgan fingerprint density at radius 2 is 0.768 bits per heavy atom. The Morgan fingerprint density at radius 1 is 0.268 bits per heavy atom. The minimum atomic E-state index is 0.648. The van der Waals surface area contributed by atoms with Crippen molar-refractivity contribution in [3.63, 3.8) is 0 Å². The number of fused-ring (bicyclic) bond motifs is 6. The van der Waals surface area contributed by atoms with Gasteiger partial charge in [0.15, 0.2) is 17.5 Å². The van der Waals surface area contributed by atoms with Gasteiger partial charge in [0.2, 0.25) is 0 Å². The largest absolute Gasteiger partial charge is 0.208 e. The lowest BCUT2D eigenvalue weighted by molar-refractivity contribution is 1.08. The molecule has 0 spiro atoms. The highest BCUT2D eigenvalue weighted by Crippen LogP contribution is 2.48. The molecule has 3 aromatic heterocycles. The molecule has 0 aliphatic carbocycles. The van der Waals surface area contributed by atoms with Gasteiger partial charge >= 0.3 is 0 Å². The van der Waals surface area contributed by atoms with Crippen molar-refractivity contribution in [1.82, 2.24) is 15.0 Å². The molecule has 0 radical (unpaired) electrons. The number of rotatable bonds is 6. The van der Waals surface area contributed by atoms with Gasteiger partial charge in [0.25, 0.3) is 0 Å². The number of thiophene rings is 2. The minimum absolute atomic E-state index is 0.648. The lowest BCUT2D eigenvalue weighted by atomic mass is 9.95. The maximum absolute atomic E-state index is 5.23. The summed E-state index contributed by atoms with van der Waals surface area (Å²) in [6.07, 6.45) is 0. The Balaban J connectivity index is 1.13. The van der Waals surface area contributed by atoms with Gasteiger partial charge in [0.1, 0.15) is 0 Å². The third-order valence-corrected chi connectivity index (χ3v) is 13.0. The van der Waals surface area contributed by atoms with Crippen molar-refractivity contribution in [2.24, 2.45) is 0 Å². The first-order valence-electron chi connectivity index (χ1n) is 18.7. The topological polar surface area (TPSA) is 38.7 Å². The molecule has 3 nitrogen and oxygen atoms in total. The second-order valence-corrected chi connectivity index (χ2v) is 16.0. The van der Waals surface area contributed by atoms with Crippen LogP contribution in [-0.4, -0.2) is 15.0 Å². The van der Waals surface area contributed by atoms with Crippen LogP contribution in [0.2, 0.25) is 0 Å². The van der Waals surface area contributed by atoms with Crippen LogP contribution in [0.3, 0.4) is 0 Å². The van der Waals surface area contributed by atoms with E-state index >= 15 is 0 Å². The molecule has 0 saturated carbocycles. The Bertz CT molecular complexity index is 3240. The van der Waals surface area contributed by atoms with Crippen LogP contribution in [0.25, 0.3) is 108 Å². The van der Waals surface area contributed by atoms with Gasteiger partial charge in [-0.15, -0.1) is 22.7 Å². The van der Waals surface area contributed by atoms with E-state index < -0.39 is 0 Å². The Morgan fingerprint density at radius 3 is 1.50 bits per heavy atom. The molecular weight excluding hydrogens is 719 g/mol. The fourth-order valence-corrected chi connectivity index (χ4v) is 10.4. The Kier molecular flexibility index (Phi) is 7.87. The van der Waals surface area contributed by atoms with Crippen LogP contribution >= 0.6 is 22.7 Å². The van der Waals surface area contributed by atoms with E-state index in [-0.39, 0.29) is 0 Å². The van der Waals surface area contributed by atoms with Crippen molar-refractivity contribution in [2.75, 3.05) is 0 Å². The summed E-state index contributed by atoms with van der Waals surface area (Å²) >= 11 is 3.71. The molecule has 11 aromatic rings. The normalized spacial score (nSPS) is 11.6. The van der Waals surface area contributed by atoms with E-state index in [4.69, 9.17) is 15.0 Å². The van der Waals surface area contributed by atoms with E-state index in [0.29, 0.717) is 17.5 Å². The highest BCUT2D eigenvalue weighted by molar-refractivity contribution is 7.27. The van der Waals surface area contributed by atoms with Crippen molar-refractivity contribution < 1.29 is 0 Å². The number of aromatic nitrogens is 3. The highest BCUT2D eigenvalue weighted by atomic mass is 32.1. The Hall–Kier alpha value is -6.79. The third-order valence-electron chi connectivity index (χ3n) is 10.5. The molecule has 0 aliphatic rings. The van der Waals surface area contributed by atoms with Crippen molar-refractivity contribution in [3.05, 3.63) is 188 Å². The average molecular weight is 750 g/mol. The molecule has 0 aliphatic heterocycles. The summed E-state index contributed by atoms with van der Waals surface area (Å²) in [6, 6.07) is 66.7. The zero-order chi connectivity index (χ0) is 37.0. The molecule has 5 heteroatoms. The maximum Gasteiger partial charge on any atom is 0.165 e. The van der Waals surface area contributed by atoms with Crippen molar-refractivity contribution in [2.45, 2.75) is 0 Å². The molecule has 262 valence electrons. The molecule has 0 fully saturated rings. The first-order chi connectivity index (χ1) is 27.7. The van der Waals surface area contributed by atoms with Gasteiger partial charge < -0.3 is 0 Å². The fraction of sp³-hybridized carbons (Fsp3) is 0. The van der Waals surface area contributed by atoms with E-state index in [2.05, 4.69) is 164 Å². The molecule has 3 heterocycles. The van der Waals surface area contributed by atoms with Crippen LogP contribution in [0.4, 0.5) is 0 Å². The van der Waals surface area contributed by atoms with E-state index in [0.717, 1.165) is 32.5 Å². The van der Waals surface area contributed by atoms with Crippen LogP contribution in [0.1, 0.15) is 0 Å². The molecule has 11 rings (SSSR count). The Labute approximate surface area is 331 Å². The van der Waals surface area contributed by atoms with E-state index in [9.17, 15) is 0 Å². The van der Waals surface area contributed by atoms with Crippen molar-refractivity contribution in [3.8, 4) is 67.5 Å². The molecule has 0 unspecified atom stereocenters. The van der Waals surface area contributed by atoms with Gasteiger partial charge in [-0.3, -0.25) is 0 Å². The molecule has 0 amide bonds.